The molecule has 0 bridgehead atoms. The van der Waals surface area contributed by atoms with Gasteiger partial charge in [-0.25, -0.2) is 17.6 Å². The van der Waals surface area contributed by atoms with Crippen molar-refractivity contribution in [2.45, 2.75) is 4.83 Å². The minimum atomic E-state index is -1.30. The van der Waals surface area contributed by atoms with Gasteiger partial charge >= 0.3 is 0 Å². The first-order valence-corrected chi connectivity index (χ1v) is 6.48. The van der Waals surface area contributed by atoms with Gasteiger partial charge in [0, 0.05) is 17.2 Å². The van der Waals surface area contributed by atoms with E-state index in [4.69, 9.17) is 4.74 Å². The van der Waals surface area contributed by atoms with Crippen molar-refractivity contribution in [3.05, 3.63) is 64.7 Å². The van der Waals surface area contributed by atoms with Crippen LogP contribution in [-0.2, 0) is 0 Å². The predicted octanol–water partition coefficient (Wildman–Crippen LogP) is 4.74. The molecule has 0 saturated carbocycles. The second kappa shape index (κ2) is 5.83. The average Bonchev–Trinajstić information content (AvgIpc) is 2.41. The van der Waals surface area contributed by atoms with Gasteiger partial charge in [-0.3, -0.25) is 0 Å². The highest BCUT2D eigenvalue weighted by atomic mass is 79.9. The third-order valence-electron chi connectivity index (χ3n) is 2.80. The van der Waals surface area contributed by atoms with E-state index in [0.717, 1.165) is 0 Å². The predicted molar refractivity (Wildman–Crippen MR) is 70.0 cm³/mol. The number of rotatable bonds is 3. The van der Waals surface area contributed by atoms with Gasteiger partial charge < -0.3 is 4.74 Å². The zero-order valence-corrected chi connectivity index (χ0v) is 11.8. The van der Waals surface area contributed by atoms with Crippen molar-refractivity contribution in [1.29, 1.82) is 0 Å². The first-order chi connectivity index (χ1) is 9.45. The fraction of sp³-hybridized carbons (Fsp3) is 0.143. The first kappa shape index (κ1) is 14.8. The molecule has 2 rings (SSSR count). The minimum absolute atomic E-state index is 0.0138. The van der Waals surface area contributed by atoms with E-state index in [1.54, 1.807) is 0 Å². The molecule has 20 heavy (non-hydrogen) atoms. The highest BCUT2D eigenvalue weighted by Gasteiger charge is 2.24. The van der Waals surface area contributed by atoms with Crippen molar-refractivity contribution in [2.75, 3.05) is 7.11 Å². The summed E-state index contributed by atoms with van der Waals surface area (Å²) in [5, 5.41) is 0. The van der Waals surface area contributed by atoms with Gasteiger partial charge in [0.1, 0.15) is 17.4 Å². The summed E-state index contributed by atoms with van der Waals surface area (Å²) in [5.74, 6) is -3.95. The third kappa shape index (κ3) is 2.65. The summed E-state index contributed by atoms with van der Waals surface area (Å²) < 4.78 is 58.8. The molecular weight excluding hydrogens is 340 g/mol. The molecule has 0 aliphatic rings. The molecule has 0 heterocycles. The maximum atomic E-state index is 13.9. The van der Waals surface area contributed by atoms with Crippen LogP contribution in [0.1, 0.15) is 16.0 Å². The number of hydrogen-bond acceptors (Lipinski definition) is 1. The lowest BCUT2D eigenvalue weighted by Crippen LogP contribution is -2.04. The van der Waals surface area contributed by atoms with Crippen molar-refractivity contribution < 1.29 is 22.3 Å². The van der Waals surface area contributed by atoms with E-state index in [-0.39, 0.29) is 16.9 Å². The molecule has 0 N–H and O–H groups in total. The second-order valence-electron chi connectivity index (χ2n) is 4.01. The summed E-state index contributed by atoms with van der Waals surface area (Å²) in [6.45, 7) is 0. The molecular formula is C14H9BrF4O. The van der Waals surface area contributed by atoms with Crippen LogP contribution in [0.3, 0.4) is 0 Å². The molecule has 0 fully saturated rings. The molecule has 6 heteroatoms. The van der Waals surface area contributed by atoms with E-state index in [1.807, 2.05) is 0 Å². The zero-order valence-electron chi connectivity index (χ0n) is 10.3. The lowest BCUT2D eigenvalue weighted by Gasteiger charge is -2.16. The van der Waals surface area contributed by atoms with Crippen molar-refractivity contribution in [1.82, 2.24) is 0 Å². The topological polar surface area (TPSA) is 9.23 Å². The maximum Gasteiger partial charge on any atom is 0.161 e. The van der Waals surface area contributed by atoms with Gasteiger partial charge in [-0.1, -0.05) is 22.0 Å². The van der Waals surface area contributed by atoms with E-state index in [0.29, 0.717) is 12.1 Å². The molecule has 0 radical (unpaired) electrons. The number of alkyl halides is 1. The Morgan fingerprint density at radius 2 is 1.60 bits per heavy atom. The summed E-state index contributed by atoms with van der Waals surface area (Å²) in [6, 6.07) is 5.20. The third-order valence-corrected chi connectivity index (χ3v) is 3.75. The lowest BCUT2D eigenvalue weighted by molar-refractivity contribution is 0.405. The summed E-state index contributed by atoms with van der Waals surface area (Å²) in [4.78, 5) is -1.01. The van der Waals surface area contributed by atoms with Gasteiger partial charge in [-0.15, -0.1) is 0 Å². The summed E-state index contributed by atoms with van der Waals surface area (Å²) in [7, 11) is 1.33. The van der Waals surface area contributed by atoms with Crippen LogP contribution in [0.4, 0.5) is 17.6 Å². The normalized spacial score (nSPS) is 12.3. The van der Waals surface area contributed by atoms with Crippen LogP contribution in [0.25, 0.3) is 0 Å². The lowest BCUT2D eigenvalue weighted by atomic mass is 10.0. The molecule has 0 saturated heterocycles. The molecule has 2 aromatic carbocycles. The van der Waals surface area contributed by atoms with Crippen LogP contribution in [0.15, 0.2) is 30.3 Å². The summed E-state index contributed by atoms with van der Waals surface area (Å²) >= 11 is 3.10. The Bertz CT molecular complexity index is 645. The van der Waals surface area contributed by atoms with E-state index in [9.17, 15) is 17.6 Å². The molecule has 0 aliphatic heterocycles. The Labute approximate surface area is 121 Å². The summed E-state index contributed by atoms with van der Waals surface area (Å²) in [5.41, 5.74) is -0.202. The van der Waals surface area contributed by atoms with Crippen LogP contribution in [-0.4, -0.2) is 7.11 Å². The quantitative estimate of drug-likeness (QED) is 0.442. The number of benzene rings is 2. The van der Waals surface area contributed by atoms with Crippen LogP contribution < -0.4 is 4.74 Å². The second-order valence-corrected chi connectivity index (χ2v) is 4.92. The van der Waals surface area contributed by atoms with Crippen LogP contribution in [0.5, 0.6) is 5.75 Å². The van der Waals surface area contributed by atoms with Crippen molar-refractivity contribution in [2.24, 2.45) is 0 Å². The smallest absolute Gasteiger partial charge is 0.161 e. The van der Waals surface area contributed by atoms with E-state index in [1.165, 1.54) is 25.3 Å². The largest absolute Gasteiger partial charge is 0.496 e. The zero-order chi connectivity index (χ0) is 14.9. The number of methoxy groups -OCH3 is 1. The fourth-order valence-electron chi connectivity index (χ4n) is 1.83. The number of halogens is 5. The van der Waals surface area contributed by atoms with Crippen molar-refractivity contribution in [3.8, 4) is 5.75 Å². The Balaban J connectivity index is 2.57. The van der Waals surface area contributed by atoms with Gasteiger partial charge in [0.05, 0.1) is 11.9 Å². The van der Waals surface area contributed by atoms with Crippen molar-refractivity contribution in [3.63, 3.8) is 0 Å². The number of ether oxygens (including phenoxy) is 1. The Morgan fingerprint density at radius 3 is 2.25 bits per heavy atom. The van der Waals surface area contributed by atoms with Gasteiger partial charge in [0.25, 0.3) is 0 Å². The maximum absolute atomic E-state index is 13.9. The van der Waals surface area contributed by atoms with Crippen LogP contribution >= 0.6 is 15.9 Å². The molecule has 106 valence electrons. The molecule has 0 aromatic heterocycles. The molecule has 0 aliphatic carbocycles. The van der Waals surface area contributed by atoms with Gasteiger partial charge in [0.15, 0.2) is 11.6 Å². The monoisotopic (exact) mass is 348 g/mol. The van der Waals surface area contributed by atoms with Crippen molar-refractivity contribution >= 4 is 15.9 Å². The minimum Gasteiger partial charge on any atom is -0.496 e. The fourth-order valence-corrected chi connectivity index (χ4v) is 2.62. The Kier molecular flexibility index (Phi) is 4.32. The highest BCUT2D eigenvalue weighted by molar-refractivity contribution is 9.09. The summed E-state index contributed by atoms with van der Waals surface area (Å²) in [6.07, 6.45) is 0. The molecule has 1 nitrogen and oxygen atoms in total. The molecule has 1 atom stereocenters. The standard InChI is InChI=1S/C14H9BrF4O/c1-20-12-4-2-3-8(16)13(12)14(15)7-5-10(18)11(19)6-9(7)17/h2-6,14H,1H3. The van der Waals surface area contributed by atoms with Crippen LogP contribution in [0.2, 0.25) is 0 Å². The van der Waals surface area contributed by atoms with E-state index >= 15 is 0 Å². The average molecular weight is 349 g/mol. The van der Waals surface area contributed by atoms with Crippen LogP contribution in [0, 0.1) is 23.3 Å². The first-order valence-electron chi connectivity index (χ1n) is 5.56. The van der Waals surface area contributed by atoms with Gasteiger partial charge in [-0.2, -0.15) is 0 Å². The molecule has 0 amide bonds. The van der Waals surface area contributed by atoms with Gasteiger partial charge in [0.2, 0.25) is 0 Å². The van der Waals surface area contributed by atoms with E-state index in [2.05, 4.69) is 15.9 Å². The highest BCUT2D eigenvalue weighted by Crippen LogP contribution is 2.39. The Morgan fingerprint density at radius 1 is 0.950 bits per heavy atom. The SMILES string of the molecule is COc1cccc(F)c1C(Br)c1cc(F)c(F)cc1F. The van der Waals surface area contributed by atoms with Gasteiger partial charge in [-0.05, 0) is 18.2 Å². The molecule has 2 aromatic rings. The molecule has 1 unspecified atom stereocenters. The molecule has 0 spiro atoms. The number of hydrogen-bond donors (Lipinski definition) is 0. The van der Waals surface area contributed by atoms with E-state index < -0.39 is 28.1 Å². The Hall–Kier alpha value is -1.56.